The van der Waals surface area contributed by atoms with Crippen molar-refractivity contribution in [3.8, 4) is 17.4 Å². The van der Waals surface area contributed by atoms with Gasteiger partial charge in [0.15, 0.2) is 0 Å². The Morgan fingerprint density at radius 2 is 1.90 bits per heavy atom. The van der Waals surface area contributed by atoms with Crippen LogP contribution in [0.5, 0.6) is 0 Å². The molecule has 3 rings (SSSR count). The van der Waals surface area contributed by atoms with Gasteiger partial charge in [0.25, 0.3) is 11.6 Å². The Labute approximate surface area is 167 Å². The van der Waals surface area contributed by atoms with Crippen LogP contribution in [-0.4, -0.2) is 10.8 Å². The van der Waals surface area contributed by atoms with Crippen LogP contribution in [0.2, 0.25) is 0 Å². The number of hydrogen-bond acceptors (Lipinski definition) is 5. The predicted molar refractivity (Wildman–Crippen MR) is 109 cm³/mol. The fourth-order valence-corrected chi connectivity index (χ4v) is 2.76. The highest BCUT2D eigenvalue weighted by Crippen LogP contribution is 2.29. The summed E-state index contributed by atoms with van der Waals surface area (Å²) >= 11 is 0. The number of nitriles is 1. The van der Waals surface area contributed by atoms with Crippen LogP contribution in [-0.2, 0) is 4.79 Å². The summed E-state index contributed by atoms with van der Waals surface area (Å²) in [6, 6.07) is 16.9. The number of carbonyl (C=O) groups is 1. The number of amides is 1. The first-order valence-corrected chi connectivity index (χ1v) is 8.73. The van der Waals surface area contributed by atoms with E-state index >= 15 is 0 Å². The number of hydrogen-bond donors (Lipinski definition) is 1. The number of aryl methyl sites for hydroxylation is 2. The Hall–Kier alpha value is -4.18. The number of anilines is 1. The molecule has 144 valence electrons. The van der Waals surface area contributed by atoms with Gasteiger partial charge in [-0.05, 0) is 43.2 Å². The number of para-hydroxylation sites is 1. The third-order valence-corrected chi connectivity index (χ3v) is 4.37. The summed E-state index contributed by atoms with van der Waals surface area (Å²) in [5.74, 6) is 0.155. The van der Waals surface area contributed by atoms with Gasteiger partial charge in [-0.1, -0.05) is 24.3 Å². The highest BCUT2D eigenvalue weighted by atomic mass is 16.6. The lowest BCUT2D eigenvalue weighted by molar-refractivity contribution is -0.384. The van der Waals surface area contributed by atoms with Gasteiger partial charge in [-0.15, -0.1) is 0 Å². The van der Waals surface area contributed by atoms with Crippen molar-refractivity contribution >= 4 is 23.4 Å². The van der Waals surface area contributed by atoms with Crippen molar-refractivity contribution in [3.63, 3.8) is 0 Å². The van der Waals surface area contributed by atoms with Gasteiger partial charge in [0.2, 0.25) is 0 Å². The van der Waals surface area contributed by atoms with Crippen molar-refractivity contribution in [1.29, 1.82) is 5.26 Å². The summed E-state index contributed by atoms with van der Waals surface area (Å²) in [6.07, 6.45) is 1.34. The van der Waals surface area contributed by atoms with E-state index in [1.165, 1.54) is 18.2 Å². The Bertz CT molecular complexity index is 1170. The zero-order valence-corrected chi connectivity index (χ0v) is 15.8. The molecule has 1 heterocycles. The maximum Gasteiger partial charge on any atom is 0.270 e. The summed E-state index contributed by atoms with van der Waals surface area (Å²) in [5.41, 5.74) is 2.70. The minimum Gasteiger partial charge on any atom is -0.457 e. The van der Waals surface area contributed by atoms with Gasteiger partial charge in [0, 0.05) is 29.5 Å². The van der Waals surface area contributed by atoms with E-state index in [4.69, 9.17) is 4.42 Å². The van der Waals surface area contributed by atoms with Crippen LogP contribution in [0, 0.1) is 35.3 Å². The van der Waals surface area contributed by atoms with E-state index in [0.29, 0.717) is 22.8 Å². The highest BCUT2D eigenvalue weighted by Gasteiger charge is 2.15. The molecule has 1 aromatic heterocycles. The second-order valence-corrected chi connectivity index (χ2v) is 6.40. The molecule has 1 amide bonds. The Balaban J connectivity index is 1.87. The molecular formula is C22H17N3O4. The number of furan rings is 1. The fourth-order valence-electron chi connectivity index (χ4n) is 2.76. The normalized spacial score (nSPS) is 11.0. The topological polar surface area (TPSA) is 109 Å². The monoisotopic (exact) mass is 387 g/mol. The first-order chi connectivity index (χ1) is 13.9. The number of nitro groups is 1. The fraction of sp³-hybridized carbons (Fsp3) is 0.0909. The molecule has 0 bridgehead atoms. The maximum absolute atomic E-state index is 12.4. The predicted octanol–water partition coefficient (Wildman–Crippen LogP) is 5.02. The Morgan fingerprint density at radius 3 is 2.59 bits per heavy atom. The van der Waals surface area contributed by atoms with Crippen LogP contribution < -0.4 is 5.32 Å². The van der Waals surface area contributed by atoms with Crippen LogP contribution in [0.4, 0.5) is 11.4 Å². The summed E-state index contributed by atoms with van der Waals surface area (Å²) in [7, 11) is 0. The van der Waals surface area contributed by atoms with Crippen molar-refractivity contribution in [3.05, 3.63) is 87.2 Å². The molecule has 0 spiro atoms. The number of carbonyl (C=O) groups excluding carboxylic acids is 1. The zero-order chi connectivity index (χ0) is 21.0. The average Bonchev–Trinajstić information content (AvgIpc) is 3.16. The quantitative estimate of drug-likeness (QED) is 0.286. The first kappa shape index (κ1) is 19.6. The smallest absolute Gasteiger partial charge is 0.270 e. The van der Waals surface area contributed by atoms with Crippen LogP contribution in [0.15, 0.2) is 64.6 Å². The van der Waals surface area contributed by atoms with Crippen molar-refractivity contribution in [2.24, 2.45) is 0 Å². The number of non-ortho nitro benzene ring substituents is 1. The number of benzene rings is 2. The maximum atomic E-state index is 12.4. The SMILES string of the molecule is Cc1ccccc1NC(=O)/C(C#N)=C/c1ccc(-c2cc([N+](=O)[O-])ccc2C)o1. The minimum atomic E-state index is -0.550. The van der Waals surface area contributed by atoms with E-state index in [2.05, 4.69) is 5.32 Å². The molecule has 3 aromatic rings. The van der Waals surface area contributed by atoms with Gasteiger partial charge in [0.05, 0.1) is 4.92 Å². The van der Waals surface area contributed by atoms with Crippen LogP contribution in [0.3, 0.4) is 0 Å². The third kappa shape index (κ3) is 4.39. The summed E-state index contributed by atoms with van der Waals surface area (Å²) in [4.78, 5) is 23.0. The van der Waals surface area contributed by atoms with E-state index in [-0.39, 0.29) is 11.3 Å². The molecule has 2 aromatic carbocycles. The lowest BCUT2D eigenvalue weighted by Gasteiger charge is -2.06. The van der Waals surface area contributed by atoms with Gasteiger partial charge in [-0.3, -0.25) is 14.9 Å². The summed E-state index contributed by atoms with van der Waals surface area (Å²) in [6.45, 7) is 3.67. The van der Waals surface area contributed by atoms with Crippen LogP contribution in [0.25, 0.3) is 17.4 Å². The van der Waals surface area contributed by atoms with E-state index in [0.717, 1.165) is 11.1 Å². The molecule has 0 fully saturated rings. The van der Waals surface area contributed by atoms with Gasteiger partial charge in [0.1, 0.15) is 23.2 Å². The van der Waals surface area contributed by atoms with E-state index in [1.54, 1.807) is 30.3 Å². The highest BCUT2D eigenvalue weighted by molar-refractivity contribution is 6.09. The molecule has 0 aliphatic heterocycles. The number of nitrogens with one attached hydrogen (secondary N) is 1. The van der Waals surface area contributed by atoms with Crippen LogP contribution >= 0.6 is 0 Å². The van der Waals surface area contributed by atoms with Crippen molar-refractivity contribution in [2.45, 2.75) is 13.8 Å². The lowest BCUT2D eigenvalue weighted by Crippen LogP contribution is -2.14. The zero-order valence-electron chi connectivity index (χ0n) is 15.8. The molecule has 7 heteroatoms. The lowest BCUT2D eigenvalue weighted by atomic mass is 10.1. The van der Waals surface area contributed by atoms with E-state index in [1.807, 2.05) is 32.0 Å². The van der Waals surface area contributed by atoms with Gasteiger partial charge in [-0.25, -0.2) is 0 Å². The number of rotatable bonds is 5. The molecule has 0 atom stereocenters. The van der Waals surface area contributed by atoms with Crippen LogP contribution in [0.1, 0.15) is 16.9 Å². The number of nitro benzene ring substituents is 1. The molecule has 7 nitrogen and oxygen atoms in total. The molecule has 0 aliphatic carbocycles. The Kier molecular flexibility index (Phi) is 5.56. The minimum absolute atomic E-state index is 0.0468. The Morgan fingerprint density at radius 1 is 1.14 bits per heavy atom. The van der Waals surface area contributed by atoms with Gasteiger partial charge in [-0.2, -0.15) is 5.26 Å². The average molecular weight is 387 g/mol. The molecule has 0 saturated heterocycles. The number of nitrogens with zero attached hydrogens (tertiary/aromatic N) is 2. The summed E-state index contributed by atoms with van der Waals surface area (Å²) in [5, 5.41) is 23.1. The summed E-state index contributed by atoms with van der Waals surface area (Å²) < 4.78 is 5.71. The molecule has 29 heavy (non-hydrogen) atoms. The van der Waals surface area contributed by atoms with E-state index < -0.39 is 10.8 Å². The third-order valence-electron chi connectivity index (χ3n) is 4.37. The van der Waals surface area contributed by atoms with Crippen molar-refractivity contribution in [2.75, 3.05) is 5.32 Å². The van der Waals surface area contributed by atoms with Gasteiger partial charge >= 0.3 is 0 Å². The molecule has 1 N–H and O–H groups in total. The molecule has 0 saturated carbocycles. The molecule has 0 aliphatic rings. The first-order valence-electron chi connectivity index (χ1n) is 8.73. The van der Waals surface area contributed by atoms with E-state index in [9.17, 15) is 20.2 Å². The molecule has 0 unspecified atom stereocenters. The van der Waals surface area contributed by atoms with Crippen molar-refractivity contribution in [1.82, 2.24) is 0 Å². The molecule has 0 radical (unpaired) electrons. The van der Waals surface area contributed by atoms with Gasteiger partial charge < -0.3 is 9.73 Å². The largest absolute Gasteiger partial charge is 0.457 e. The second-order valence-electron chi connectivity index (χ2n) is 6.40. The second kappa shape index (κ2) is 8.23. The van der Waals surface area contributed by atoms with Crippen molar-refractivity contribution < 1.29 is 14.1 Å². The molecular weight excluding hydrogens is 370 g/mol. The standard InChI is InChI=1S/C22H17N3O4/c1-14-7-8-17(25(27)28)12-19(14)21-10-9-18(29-21)11-16(13-23)22(26)24-20-6-4-3-5-15(20)2/h3-12H,1-2H3,(H,24,26)/b16-11+.